The number of hydrogen-bond donors (Lipinski definition) is 2. The topological polar surface area (TPSA) is 118 Å². The predicted octanol–water partition coefficient (Wildman–Crippen LogP) is 5.40. The van der Waals surface area contributed by atoms with Gasteiger partial charge in [-0.1, -0.05) is 37.1 Å². The summed E-state index contributed by atoms with van der Waals surface area (Å²) in [5.74, 6) is -2.35. The maximum atomic E-state index is 13.2. The lowest BCUT2D eigenvalue weighted by Gasteiger charge is -2.16. The summed E-state index contributed by atoms with van der Waals surface area (Å²) >= 11 is 7.63. The number of rotatable bonds is 9. The summed E-state index contributed by atoms with van der Waals surface area (Å²) in [4.78, 5) is 57.4. The quantitative estimate of drug-likeness (QED) is 0.207. The van der Waals surface area contributed by atoms with Crippen molar-refractivity contribution in [1.29, 1.82) is 0 Å². The summed E-state index contributed by atoms with van der Waals surface area (Å²) in [5.41, 5.74) is 1.79. The fourth-order valence-electron chi connectivity index (χ4n) is 3.59. The Morgan fingerprint density at radius 2 is 1.79 bits per heavy atom. The molecule has 0 saturated carbocycles. The Morgan fingerprint density at radius 1 is 1.05 bits per heavy atom. The van der Waals surface area contributed by atoms with Crippen molar-refractivity contribution in [3.05, 3.63) is 81.0 Å². The molecule has 1 aliphatic rings. The minimum Gasteiger partial charge on any atom is -0.462 e. The number of carbonyl (C=O) groups excluding carboxylic acids is 4. The van der Waals surface area contributed by atoms with Crippen LogP contribution in [0, 0.1) is 13.8 Å². The summed E-state index contributed by atoms with van der Waals surface area (Å²) in [7, 11) is 0. The van der Waals surface area contributed by atoms with E-state index < -0.39 is 17.8 Å². The molecule has 196 valence electrons. The van der Waals surface area contributed by atoms with Gasteiger partial charge in [0.15, 0.2) is 5.13 Å². The highest BCUT2D eigenvalue weighted by molar-refractivity contribution is 7.15. The smallest absolute Gasteiger partial charge is 0.338 e. The molecule has 38 heavy (non-hydrogen) atoms. The highest BCUT2D eigenvalue weighted by Crippen LogP contribution is 2.31. The van der Waals surface area contributed by atoms with Gasteiger partial charge in [-0.3, -0.25) is 19.7 Å². The Labute approximate surface area is 228 Å². The van der Waals surface area contributed by atoms with E-state index in [9.17, 15) is 19.2 Å². The molecule has 2 heterocycles. The number of esters is 1. The number of nitrogens with one attached hydrogen (secondary N) is 2. The second-order valence-corrected chi connectivity index (χ2v) is 10.1. The SMILES string of the molecule is CCCCOC(=O)c1cccc(N2C(=O)C(Cl)=C(Nc3cccc(C(=O)Nc4nc(C)c(C)s4)c3)C2=O)c1. The van der Waals surface area contributed by atoms with Crippen LogP contribution in [0.5, 0.6) is 0 Å². The molecule has 0 spiro atoms. The first-order chi connectivity index (χ1) is 18.2. The van der Waals surface area contributed by atoms with E-state index in [0.717, 1.165) is 28.3 Å². The van der Waals surface area contributed by atoms with Crippen LogP contribution in [0.4, 0.5) is 16.5 Å². The van der Waals surface area contributed by atoms with E-state index in [1.54, 1.807) is 30.3 Å². The van der Waals surface area contributed by atoms with Crippen molar-refractivity contribution in [2.45, 2.75) is 33.6 Å². The predicted molar refractivity (Wildman–Crippen MR) is 147 cm³/mol. The van der Waals surface area contributed by atoms with Crippen molar-refractivity contribution in [3.63, 3.8) is 0 Å². The van der Waals surface area contributed by atoms with E-state index in [2.05, 4.69) is 15.6 Å². The zero-order chi connectivity index (χ0) is 27.4. The van der Waals surface area contributed by atoms with Crippen molar-refractivity contribution in [1.82, 2.24) is 4.98 Å². The number of hydrogen-bond acceptors (Lipinski definition) is 8. The monoisotopic (exact) mass is 552 g/mol. The molecule has 0 unspecified atom stereocenters. The molecule has 1 aliphatic heterocycles. The molecule has 0 atom stereocenters. The third-order valence-electron chi connectivity index (χ3n) is 5.74. The summed E-state index contributed by atoms with van der Waals surface area (Å²) in [5, 5.41) is 5.80. The van der Waals surface area contributed by atoms with Gasteiger partial charge in [0.2, 0.25) is 0 Å². The molecular weight excluding hydrogens is 528 g/mol. The number of carbonyl (C=O) groups is 4. The molecule has 1 aromatic heterocycles. The first kappa shape index (κ1) is 27.0. The molecule has 0 saturated heterocycles. The zero-order valence-corrected chi connectivity index (χ0v) is 22.5. The van der Waals surface area contributed by atoms with Crippen LogP contribution >= 0.6 is 22.9 Å². The van der Waals surface area contributed by atoms with E-state index >= 15 is 0 Å². The molecule has 0 aliphatic carbocycles. The van der Waals surface area contributed by atoms with Crippen LogP contribution in [0.1, 0.15) is 51.1 Å². The molecule has 4 rings (SSSR count). The molecule has 2 aromatic carbocycles. The molecule has 3 aromatic rings. The zero-order valence-electron chi connectivity index (χ0n) is 21.0. The van der Waals surface area contributed by atoms with E-state index in [1.807, 2.05) is 20.8 Å². The van der Waals surface area contributed by atoms with Crippen LogP contribution < -0.4 is 15.5 Å². The van der Waals surface area contributed by atoms with Gasteiger partial charge < -0.3 is 10.1 Å². The first-order valence-corrected chi connectivity index (χ1v) is 13.1. The Morgan fingerprint density at radius 3 is 2.50 bits per heavy atom. The highest BCUT2D eigenvalue weighted by atomic mass is 35.5. The second kappa shape index (κ2) is 11.6. The lowest BCUT2D eigenvalue weighted by atomic mass is 10.2. The largest absolute Gasteiger partial charge is 0.462 e. The number of halogens is 1. The van der Waals surface area contributed by atoms with E-state index in [-0.39, 0.29) is 34.5 Å². The Kier molecular flexibility index (Phi) is 8.23. The fraction of sp³-hybridized carbons (Fsp3) is 0.222. The second-order valence-electron chi connectivity index (χ2n) is 8.50. The molecule has 0 bridgehead atoms. The highest BCUT2D eigenvalue weighted by Gasteiger charge is 2.39. The van der Waals surface area contributed by atoms with E-state index in [0.29, 0.717) is 16.4 Å². The first-order valence-electron chi connectivity index (χ1n) is 11.9. The number of aryl methyl sites for hydroxylation is 2. The summed E-state index contributed by atoms with van der Waals surface area (Å²) in [6, 6.07) is 12.5. The fourth-order valence-corrected chi connectivity index (χ4v) is 4.61. The number of nitrogens with zero attached hydrogens (tertiary/aromatic N) is 2. The van der Waals surface area contributed by atoms with Gasteiger partial charge in [-0.15, -0.1) is 11.3 Å². The van der Waals surface area contributed by atoms with Crippen molar-refractivity contribution in [3.8, 4) is 0 Å². The lowest BCUT2D eigenvalue weighted by Crippen LogP contribution is -2.32. The number of anilines is 3. The van der Waals surface area contributed by atoms with Crippen LogP contribution in [-0.4, -0.2) is 35.3 Å². The minimum absolute atomic E-state index is 0.142. The molecule has 9 nitrogen and oxygen atoms in total. The average molecular weight is 553 g/mol. The lowest BCUT2D eigenvalue weighted by molar-refractivity contribution is -0.120. The summed E-state index contributed by atoms with van der Waals surface area (Å²) < 4.78 is 5.22. The molecular formula is C27H25ClN4O5S. The third kappa shape index (κ3) is 5.76. The van der Waals surface area contributed by atoms with Crippen molar-refractivity contribution in [2.24, 2.45) is 0 Å². The molecule has 3 amide bonds. The van der Waals surface area contributed by atoms with Crippen LogP contribution in [0.15, 0.2) is 59.3 Å². The number of imide groups is 1. The number of amides is 3. The van der Waals surface area contributed by atoms with Crippen molar-refractivity contribution < 1.29 is 23.9 Å². The number of unbranched alkanes of at least 4 members (excludes halogenated alkanes) is 1. The van der Waals surface area contributed by atoms with Gasteiger partial charge in [-0.2, -0.15) is 0 Å². The molecule has 0 radical (unpaired) electrons. The van der Waals surface area contributed by atoms with Gasteiger partial charge in [-0.05, 0) is 56.7 Å². The third-order valence-corrected chi connectivity index (χ3v) is 7.08. The van der Waals surface area contributed by atoms with Crippen LogP contribution in [0.2, 0.25) is 0 Å². The van der Waals surface area contributed by atoms with Crippen LogP contribution in [0.3, 0.4) is 0 Å². The normalized spacial score (nSPS) is 13.2. The molecule has 11 heteroatoms. The Balaban J connectivity index is 1.50. The van der Waals surface area contributed by atoms with Gasteiger partial charge in [-0.25, -0.2) is 14.7 Å². The number of benzene rings is 2. The van der Waals surface area contributed by atoms with E-state index in [4.69, 9.17) is 16.3 Å². The summed E-state index contributed by atoms with van der Waals surface area (Å²) in [6.45, 7) is 6.05. The molecule has 2 N–H and O–H groups in total. The number of aromatic nitrogens is 1. The van der Waals surface area contributed by atoms with Crippen LogP contribution in [0.25, 0.3) is 0 Å². The molecule has 0 fully saturated rings. The van der Waals surface area contributed by atoms with Gasteiger partial charge in [0, 0.05) is 16.1 Å². The maximum absolute atomic E-state index is 13.2. The summed E-state index contributed by atoms with van der Waals surface area (Å²) in [6.07, 6.45) is 1.61. The van der Waals surface area contributed by atoms with E-state index in [1.165, 1.54) is 29.5 Å². The van der Waals surface area contributed by atoms with Gasteiger partial charge in [0.25, 0.3) is 17.7 Å². The average Bonchev–Trinajstić information content (AvgIpc) is 3.33. The standard InChI is InChI=1S/C27H25ClN4O5S/c1-4-5-12-37-26(36)18-9-7-11-20(14-18)32-24(34)21(28)22(25(32)35)30-19-10-6-8-17(13-19)23(33)31-27-29-15(2)16(3)38-27/h6-11,13-14,30H,4-5,12H2,1-3H3,(H,29,31,33). The Bertz CT molecular complexity index is 1450. The van der Waals surface area contributed by atoms with Crippen molar-refractivity contribution in [2.75, 3.05) is 22.1 Å². The van der Waals surface area contributed by atoms with Crippen molar-refractivity contribution >= 4 is 63.1 Å². The minimum atomic E-state index is -0.737. The Hall–Kier alpha value is -4.02. The number of thiazole rings is 1. The van der Waals surface area contributed by atoms with Gasteiger partial charge in [0.05, 0.1) is 23.6 Å². The maximum Gasteiger partial charge on any atom is 0.338 e. The van der Waals surface area contributed by atoms with Gasteiger partial charge in [0.1, 0.15) is 10.7 Å². The van der Waals surface area contributed by atoms with Gasteiger partial charge >= 0.3 is 5.97 Å². The number of ether oxygens (including phenoxy) is 1. The van der Waals surface area contributed by atoms with Crippen LogP contribution in [-0.2, 0) is 14.3 Å².